The van der Waals surface area contributed by atoms with Crippen LogP contribution in [-0.4, -0.2) is 4.37 Å². The summed E-state index contributed by atoms with van der Waals surface area (Å²) in [4.78, 5) is 0.558. The molecule has 0 saturated heterocycles. The van der Waals surface area contributed by atoms with Crippen molar-refractivity contribution in [2.45, 2.75) is 0 Å². The van der Waals surface area contributed by atoms with E-state index < -0.39 is 0 Å². The lowest BCUT2D eigenvalue weighted by Crippen LogP contribution is -1.79. The summed E-state index contributed by atoms with van der Waals surface area (Å²) in [6, 6.07) is 3.47. The maximum atomic E-state index is 8.22. The Morgan fingerprint density at radius 2 is 2.62 bits per heavy atom. The highest BCUT2D eigenvalue weighted by atomic mass is 32.1. The van der Waals surface area contributed by atoms with Gasteiger partial charge < -0.3 is 5.73 Å². The highest BCUT2D eigenvalue weighted by Crippen LogP contribution is 2.08. The van der Waals surface area contributed by atoms with E-state index in [-0.39, 0.29) is 0 Å². The van der Waals surface area contributed by atoms with Gasteiger partial charge in [-0.1, -0.05) is 0 Å². The third-order valence-electron chi connectivity index (χ3n) is 0.639. The lowest BCUT2D eigenvalue weighted by Gasteiger charge is -1.68. The Morgan fingerprint density at radius 1 is 1.88 bits per heavy atom. The SMILES string of the molecule is N#Cc1cc(N)ns1. The molecule has 0 fully saturated rings. The predicted molar refractivity (Wildman–Crippen MR) is 31.2 cm³/mol. The van der Waals surface area contributed by atoms with Gasteiger partial charge in [0.1, 0.15) is 16.8 Å². The van der Waals surface area contributed by atoms with E-state index in [9.17, 15) is 0 Å². The zero-order valence-electron chi connectivity index (χ0n) is 3.96. The maximum absolute atomic E-state index is 8.22. The summed E-state index contributed by atoms with van der Waals surface area (Å²) in [6.07, 6.45) is 0. The summed E-state index contributed by atoms with van der Waals surface area (Å²) >= 11 is 1.11. The number of nitrogens with zero attached hydrogens (tertiary/aromatic N) is 2. The minimum atomic E-state index is 0.423. The molecule has 0 saturated carbocycles. The van der Waals surface area contributed by atoms with Gasteiger partial charge in [-0.2, -0.15) is 9.64 Å². The van der Waals surface area contributed by atoms with E-state index in [4.69, 9.17) is 11.0 Å². The van der Waals surface area contributed by atoms with E-state index in [1.807, 2.05) is 6.07 Å². The molecule has 0 aliphatic heterocycles. The van der Waals surface area contributed by atoms with Crippen molar-refractivity contribution in [1.29, 1.82) is 5.26 Å². The summed E-state index contributed by atoms with van der Waals surface area (Å²) in [7, 11) is 0. The molecule has 0 unspecified atom stereocenters. The van der Waals surface area contributed by atoms with Gasteiger partial charge in [0.25, 0.3) is 0 Å². The maximum Gasteiger partial charge on any atom is 0.138 e. The molecular weight excluding hydrogens is 122 g/mol. The van der Waals surface area contributed by atoms with E-state index in [2.05, 4.69) is 4.37 Å². The quantitative estimate of drug-likeness (QED) is 0.552. The lowest BCUT2D eigenvalue weighted by molar-refractivity contribution is 1.52. The zero-order valence-corrected chi connectivity index (χ0v) is 4.77. The second-order valence-electron chi connectivity index (χ2n) is 1.23. The van der Waals surface area contributed by atoms with Crippen molar-refractivity contribution in [2.75, 3.05) is 5.73 Å². The first-order valence-electron chi connectivity index (χ1n) is 1.95. The Balaban J connectivity index is 3.05. The van der Waals surface area contributed by atoms with Crippen LogP contribution in [0.25, 0.3) is 0 Å². The molecule has 3 nitrogen and oxygen atoms in total. The van der Waals surface area contributed by atoms with Crippen molar-refractivity contribution in [1.82, 2.24) is 4.37 Å². The van der Waals surface area contributed by atoms with Crippen LogP contribution in [0, 0.1) is 11.3 Å². The second-order valence-corrected chi connectivity index (χ2v) is 2.03. The van der Waals surface area contributed by atoms with Gasteiger partial charge in [0, 0.05) is 6.07 Å². The smallest absolute Gasteiger partial charge is 0.138 e. The Hall–Kier alpha value is -1.08. The highest BCUT2D eigenvalue weighted by Gasteiger charge is 1.92. The van der Waals surface area contributed by atoms with Gasteiger partial charge >= 0.3 is 0 Å². The minimum absolute atomic E-state index is 0.423. The molecule has 2 N–H and O–H groups in total. The summed E-state index contributed by atoms with van der Waals surface area (Å²) in [5.41, 5.74) is 5.20. The summed E-state index contributed by atoms with van der Waals surface area (Å²) in [5, 5.41) is 8.22. The number of hydrogen-bond donors (Lipinski definition) is 1. The zero-order chi connectivity index (χ0) is 5.98. The van der Waals surface area contributed by atoms with E-state index >= 15 is 0 Å². The van der Waals surface area contributed by atoms with Crippen LogP contribution in [0.1, 0.15) is 4.88 Å². The van der Waals surface area contributed by atoms with Crippen LogP contribution in [-0.2, 0) is 0 Å². The van der Waals surface area contributed by atoms with Gasteiger partial charge in [-0.25, -0.2) is 0 Å². The van der Waals surface area contributed by atoms with E-state index in [1.54, 1.807) is 6.07 Å². The number of nitriles is 1. The molecule has 8 heavy (non-hydrogen) atoms. The number of aromatic nitrogens is 1. The first-order valence-corrected chi connectivity index (χ1v) is 2.72. The van der Waals surface area contributed by atoms with Gasteiger partial charge in [0.05, 0.1) is 0 Å². The van der Waals surface area contributed by atoms with Crippen molar-refractivity contribution >= 4 is 17.4 Å². The Bertz CT molecular complexity index is 221. The number of anilines is 1. The van der Waals surface area contributed by atoms with Crippen molar-refractivity contribution < 1.29 is 0 Å². The second kappa shape index (κ2) is 1.80. The van der Waals surface area contributed by atoms with Crippen molar-refractivity contribution in [3.8, 4) is 6.07 Å². The molecule has 0 radical (unpaired) electrons. The van der Waals surface area contributed by atoms with Crippen LogP contribution in [0.2, 0.25) is 0 Å². The lowest BCUT2D eigenvalue weighted by atomic mass is 10.5. The van der Waals surface area contributed by atoms with Crippen molar-refractivity contribution in [3.63, 3.8) is 0 Å². The molecule has 1 heterocycles. The molecule has 1 rings (SSSR count). The minimum Gasteiger partial charge on any atom is -0.383 e. The van der Waals surface area contributed by atoms with Crippen LogP contribution in [0.5, 0.6) is 0 Å². The fourth-order valence-corrected chi connectivity index (χ4v) is 0.812. The molecule has 0 aliphatic rings. The van der Waals surface area contributed by atoms with Gasteiger partial charge in [-0.3, -0.25) is 0 Å². The largest absolute Gasteiger partial charge is 0.383 e. The van der Waals surface area contributed by atoms with Crippen LogP contribution >= 0.6 is 11.5 Å². The van der Waals surface area contributed by atoms with E-state index in [0.29, 0.717) is 10.7 Å². The summed E-state index contributed by atoms with van der Waals surface area (Å²) < 4.78 is 3.68. The Morgan fingerprint density at radius 3 is 2.88 bits per heavy atom. The predicted octanol–water partition coefficient (Wildman–Crippen LogP) is 0.597. The summed E-state index contributed by atoms with van der Waals surface area (Å²) in [5.74, 6) is 0.423. The average molecular weight is 125 g/mol. The standard InChI is InChI=1S/C4H3N3S/c5-2-3-1-4(6)7-8-3/h1H,(H2,6,7). The fraction of sp³-hybridized carbons (Fsp3) is 0. The van der Waals surface area contributed by atoms with Crippen LogP contribution in [0.4, 0.5) is 5.82 Å². The van der Waals surface area contributed by atoms with Gasteiger partial charge in [-0.15, -0.1) is 0 Å². The third kappa shape index (κ3) is 0.768. The Labute approximate surface area is 50.5 Å². The van der Waals surface area contributed by atoms with Crippen LogP contribution < -0.4 is 5.73 Å². The third-order valence-corrected chi connectivity index (χ3v) is 1.35. The number of nitrogens with two attached hydrogens (primary N) is 1. The van der Waals surface area contributed by atoms with Crippen molar-refractivity contribution in [3.05, 3.63) is 10.9 Å². The van der Waals surface area contributed by atoms with E-state index in [1.165, 1.54) is 0 Å². The van der Waals surface area contributed by atoms with E-state index in [0.717, 1.165) is 11.5 Å². The fourth-order valence-electron chi connectivity index (χ4n) is 0.342. The molecule has 0 aromatic carbocycles. The molecule has 0 spiro atoms. The van der Waals surface area contributed by atoms with Crippen LogP contribution in [0.3, 0.4) is 0 Å². The number of nitrogen functional groups attached to an aromatic ring is 1. The molecule has 0 atom stereocenters. The van der Waals surface area contributed by atoms with Crippen molar-refractivity contribution in [2.24, 2.45) is 0 Å². The molecule has 0 aliphatic carbocycles. The number of hydrogen-bond acceptors (Lipinski definition) is 4. The topological polar surface area (TPSA) is 62.7 Å². The van der Waals surface area contributed by atoms with Gasteiger partial charge in [-0.05, 0) is 11.5 Å². The molecule has 40 valence electrons. The normalized spacial score (nSPS) is 8.38. The number of rotatable bonds is 0. The molecule has 4 heteroatoms. The van der Waals surface area contributed by atoms with Gasteiger partial charge in [0.15, 0.2) is 0 Å². The van der Waals surface area contributed by atoms with Crippen LogP contribution in [0.15, 0.2) is 6.07 Å². The first-order chi connectivity index (χ1) is 3.83. The monoisotopic (exact) mass is 125 g/mol. The molecule has 0 amide bonds. The first kappa shape index (κ1) is 5.06. The van der Waals surface area contributed by atoms with Gasteiger partial charge in [0.2, 0.25) is 0 Å². The highest BCUT2D eigenvalue weighted by molar-refractivity contribution is 7.06. The molecule has 1 aromatic rings. The molecule has 0 bridgehead atoms. The molecule has 1 aromatic heterocycles. The summed E-state index contributed by atoms with van der Waals surface area (Å²) in [6.45, 7) is 0. The molecular formula is C4H3N3S. The average Bonchev–Trinajstić information content (AvgIpc) is 2.14. The Kier molecular flexibility index (Phi) is 1.14.